The number of carbonyl (C=O) groups is 2. The maximum atomic E-state index is 12.0. The minimum atomic E-state index is -0.866. The average Bonchev–Trinajstić information content (AvgIpc) is 2.61. The minimum absolute atomic E-state index is 0.172. The van der Waals surface area contributed by atoms with Gasteiger partial charge in [-0.3, -0.25) is 4.79 Å². The summed E-state index contributed by atoms with van der Waals surface area (Å²) >= 11 is 0. The lowest BCUT2D eigenvalue weighted by Crippen LogP contribution is -2.43. The molecular formula is C18H22N2O4. The highest BCUT2D eigenvalue weighted by atomic mass is 16.6. The molecule has 0 saturated heterocycles. The van der Waals surface area contributed by atoms with E-state index in [0.717, 1.165) is 25.7 Å². The van der Waals surface area contributed by atoms with Gasteiger partial charge >= 0.3 is 5.97 Å². The number of carbonyl (C=O) groups excluding carboxylic acids is 2. The minimum Gasteiger partial charge on any atom is -0.481 e. The Morgan fingerprint density at radius 3 is 2.71 bits per heavy atom. The molecule has 0 radical (unpaired) electrons. The maximum absolute atomic E-state index is 12.0. The number of nitrogens with one attached hydrogen (secondary N) is 1. The van der Waals surface area contributed by atoms with Crippen LogP contribution < -0.4 is 10.1 Å². The first-order valence-corrected chi connectivity index (χ1v) is 8.22. The topological polar surface area (TPSA) is 88.4 Å². The zero-order chi connectivity index (χ0) is 17.4. The Balaban J connectivity index is 1.76. The summed E-state index contributed by atoms with van der Waals surface area (Å²) in [6.45, 7) is 1.19. The molecule has 1 aromatic carbocycles. The number of nitriles is 1. The SMILES string of the molecule is C[C@@H](OC(=O)COc1ccccc1C#N)C(=O)NC1CCCCC1. The second-order valence-corrected chi connectivity index (χ2v) is 5.87. The van der Waals surface area contributed by atoms with E-state index in [4.69, 9.17) is 14.7 Å². The number of esters is 1. The van der Waals surface area contributed by atoms with E-state index < -0.39 is 12.1 Å². The van der Waals surface area contributed by atoms with Crippen molar-refractivity contribution in [1.29, 1.82) is 5.26 Å². The monoisotopic (exact) mass is 330 g/mol. The van der Waals surface area contributed by atoms with Crippen LogP contribution in [0.15, 0.2) is 24.3 Å². The quantitative estimate of drug-likeness (QED) is 0.809. The zero-order valence-corrected chi connectivity index (χ0v) is 13.8. The highest BCUT2D eigenvalue weighted by Crippen LogP contribution is 2.18. The van der Waals surface area contributed by atoms with E-state index in [2.05, 4.69) is 5.32 Å². The van der Waals surface area contributed by atoms with Gasteiger partial charge in [-0.2, -0.15) is 5.26 Å². The Kier molecular flexibility index (Phi) is 6.62. The summed E-state index contributed by atoms with van der Waals surface area (Å²) in [4.78, 5) is 23.9. The van der Waals surface area contributed by atoms with Gasteiger partial charge in [0, 0.05) is 6.04 Å². The first-order valence-electron chi connectivity index (χ1n) is 8.22. The molecule has 0 aliphatic heterocycles. The number of para-hydroxylation sites is 1. The smallest absolute Gasteiger partial charge is 0.344 e. The molecule has 1 amide bonds. The van der Waals surface area contributed by atoms with Crippen LogP contribution in [0.1, 0.15) is 44.6 Å². The van der Waals surface area contributed by atoms with Crippen LogP contribution in [0, 0.1) is 11.3 Å². The summed E-state index contributed by atoms with van der Waals surface area (Å²) in [6, 6.07) is 8.78. The summed E-state index contributed by atoms with van der Waals surface area (Å²) in [7, 11) is 0. The molecule has 1 saturated carbocycles. The lowest BCUT2D eigenvalue weighted by Gasteiger charge is -2.24. The average molecular weight is 330 g/mol. The Bertz CT molecular complexity index is 618. The van der Waals surface area contributed by atoms with Crippen LogP contribution in [0.3, 0.4) is 0 Å². The van der Waals surface area contributed by atoms with Crippen molar-refractivity contribution in [3.8, 4) is 11.8 Å². The maximum Gasteiger partial charge on any atom is 0.344 e. The van der Waals surface area contributed by atoms with Crippen LogP contribution >= 0.6 is 0 Å². The lowest BCUT2D eigenvalue weighted by molar-refractivity contribution is -0.156. The molecule has 6 heteroatoms. The van der Waals surface area contributed by atoms with Crippen LogP contribution in [0.4, 0.5) is 0 Å². The zero-order valence-electron chi connectivity index (χ0n) is 13.8. The van der Waals surface area contributed by atoms with Gasteiger partial charge in [0.1, 0.15) is 11.8 Å². The van der Waals surface area contributed by atoms with E-state index >= 15 is 0 Å². The molecule has 0 spiro atoms. The van der Waals surface area contributed by atoms with Gasteiger partial charge in [0.25, 0.3) is 5.91 Å². The van der Waals surface area contributed by atoms with E-state index in [1.54, 1.807) is 31.2 Å². The molecule has 2 rings (SSSR count). The van der Waals surface area contributed by atoms with Crippen molar-refractivity contribution in [3.05, 3.63) is 29.8 Å². The number of nitrogens with zero attached hydrogens (tertiary/aromatic N) is 1. The van der Waals surface area contributed by atoms with Gasteiger partial charge in [0.2, 0.25) is 0 Å². The predicted octanol–water partition coefficient (Wildman–Crippen LogP) is 2.32. The van der Waals surface area contributed by atoms with Gasteiger partial charge in [-0.15, -0.1) is 0 Å². The van der Waals surface area contributed by atoms with E-state index in [0.29, 0.717) is 11.3 Å². The van der Waals surface area contributed by atoms with Gasteiger partial charge in [-0.05, 0) is 31.9 Å². The van der Waals surface area contributed by atoms with Gasteiger partial charge in [0.15, 0.2) is 12.7 Å². The van der Waals surface area contributed by atoms with Gasteiger partial charge in [0.05, 0.1) is 5.56 Å². The summed E-state index contributed by atoms with van der Waals surface area (Å²) in [5, 5.41) is 11.9. The highest BCUT2D eigenvalue weighted by Gasteiger charge is 2.22. The van der Waals surface area contributed by atoms with Crippen molar-refractivity contribution in [2.75, 3.05) is 6.61 Å². The fraction of sp³-hybridized carbons (Fsp3) is 0.500. The Hall–Kier alpha value is -2.55. The van der Waals surface area contributed by atoms with E-state index in [-0.39, 0.29) is 18.6 Å². The molecule has 1 aliphatic rings. The Morgan fingerprint density at radius 2 is 2.00 bits per heavy atom. The molecule has 0 unspecified atom stereocenters. The molecule has 0 aromatic heterocycles. The molecule has 0 bridgehead atoms. The first-order chi connectivity index (χ1) is 11.6. The number of ether oxygens (including phenoxy) is 2. The normalized spacial score (nSPS) is 15.8. The first kappa shape index (κ1) is 17.8. The lowest BCUT2D eigenvalue weighted by atomic mass is 9.95. The molecule has 128 valence electrons. The summed E-state index contributed by atoms with van der Waals surface area (Å²) in [5.74, 6) is -0.613. The molecule has 1 N–H and O–H groups in total. The van der Waals surface area contributed by atoms with Gasteiger partial charge in [-0.1, -0.05) is 31.4 Å². The molecule has 1 atom stereocenters. The van der Waals surface area contributed by atoms with Crippen molar-refractivity contribution in [1.82, 2.24) is 5.32 Å². The molecule has 6 nitrogen and oxygen atoms in total. The van der Waals surface area contributed by atoms with E-state index in [9.17, 15) is 9.59 Å². The molecule has 24 heavy (non-hydrogen) atoms. The van der Waals surface area contributed by atoms with Crippen LogP contribution in [-0.4, -0.2) is 30.6 Å². The molecule has 1 aliphatic carbocycles. The summed E-state index contributed by atoms with van der Waals surface area (Å²) in [5.41, 5.74) is 0.341. The summed E-state index contributed by atoms with van der Waals surface area (Å²) in [6.07, 6.45) is 4.52. The molecule has 1 fully saturated rings. The van der Waals surface area contributed by atoms with Crippen LogP contribution in [-0.2, 0) is 14.3 Å². The standard InChI is InChI=1S/C18H22N2O4/c1-13(18(22)20-15-8-3-2-4-9-15)24-17(21)12-23-16-10-6-5-7-14(16)11-19/h5-7,10,13,15H,2-4,8-9,12H2,1H3,(H,20,22)/t13-/m1/s1. The number of hydrogen-bond donors (Lipinski definition) is 1. The van der Waals surface area contributed by atoms with Crippen LogP contribution in [0.2, 0.25) is 0 Å². The second kappa shape index (κ2) is 8.92. The van der Waals surface area contributed by atoms with Crippen molar-refractivity contribution < 1.29 is 19.1 Å². The predicted molar refractivity (Wildman–Crippen MR) is 87.2 cm³/mol. The number of rotatable bonds is 6. The van der Waals surface area contributed by atoms with Crippen molar-refractivity contribution in [2.45, 2.75) is 51.2 Å². The van der Waals surface area contributed by atoms with Crippen LogP contribution in [0.25, 0.3) is 0 Å². The highest BCUT2D eigenvalue weighted by molar-refractivity contribution is 5.83. The van der Waals surface area contributed by atoms with Crippen LogP contribution in [0.5, 0.6) is 5.75 Å². The largest absolute Gasteiger partial charge is 0.481 e. The molecule has 0 heterocycles. The van der Waals surface area contributed by atoms with Crippen molar-refractivity contribution in [3.63, 3.8) is 0 Å². The number of amides is 1. The van der Waals surface area contributed by atoms with Gasteiger partial charge in [-0.25, -0.2) is 4.79 Å². The third kappa shape index (κ3) is 5.27. The van der Waals surface area contributed by atoms with E-state index in [1.807, 2.05) is 6.07 Å². The molecule has 1 aromatic rings. The van der Waals surface area contributed by atoms with E-state index in [1.165, 1.54) is 6.42 Å². The number of benzene rings is 1. The van der Waals surface area contributed by atoms with Gasteiger partial charge < -0.3 is 14.8 Å². The molecular weight excluding hydrogens is 308 g/mol. The number of hydrogen-bond acceptors (Lipinski definition) is 5. The van der Waals surface area contributed by atoms with Crippen molar-refractivity contribution in [2.24, 2.45) is 0 Å². The van der Waals surface area contributed by atoms with Crippen molar-refractivity contribution >= 4 is 11.9 Å². The Labute approximate surface area is 141 Å². The Morgan fingerprint density at radius 1 is 1.29 bits per heavy atom. The fourth-order valence-corrected chi connectivity index (χ4v) is 2.67. The fourth-order valence-electron chi connectivity index (χ4n) is 2.67. The third-order valence-corrected chi connectivity index (χ3v) is 3.98. The third-order valence-electron chi connectivity index (χ3n) is 3.98. The summed E-state index contributed by atoms with van der Waals surface area (Å²) < 4.78 is 10.4. The second-order valence-electron chi connectivity index (χ2n) is 5.87.